The van der Waals surface area contributed by atoms with Crippen LogP contribution in [0.2, 0.25) is 0 Å². The SMILES string of the molecule is Cc1nn(-c2ccccc2)c(C)c1C(=O)C(=O)NCC(C)C. The Kier molecular flexibility index (Phi) is 4.75. The monoisotopic (exact) mass is 299 g/mol. The van der Waals surface area contributed by atoms with Crippen molar-refractivity contribution in [3.05, 3.63) is 47.3 Å². The molecule has 1 N–H and O–H groups in total. The van der Waals surface area contributed by atoms with E-state index >= 15 is 0 Å². The molecule has 0 aliphatic heterocycles. The summed E-state index contributed by atoms with van der Waals surface area (Å²) in [5, 5.41) is 7.05. The fourth-order valence-electron chi connectivity index (χ4n) is 2.28. The van der Waals surface area contributed by atoms with Crippen molar-refractivity contribution in [3.63, 3.8) is 0 Å². The van der Waals surface area contributed by atoms with Gasteiger partial charge in [0, 0.05) is 6.54 Å². The molecule has 2 aromatic rings. The highest BCUT2D eigenvalue weighted by atomic mass is 16.2. The van der Waals surface area contributed by atoms with Crippen molar-refractivity contribution in [2.75, 3.05) is 6.54 Å². The van der Waals surface area contributed by atoms with Crippen molar-refractivity contribution in [1.82, 2.24) is 15.1 Å². The maximum Gasteiger partial charge on any atom is 0.292 e. The molecule has 1 heterocycles. The number of amides is 1. The van der Waals surface area contributed by atoms with Crippen LogP contribution < -0.4 is 5.32 Å². The Hall–Kier alpha value is -2.43. The molecule has 22 heavy (non-hydrogen) atoms. The van der Waals surface area contributed by atoms with Crippen LogP contribution in [0.5, 0.6) is 0 Å². The molecule has 0 bridgehead atoms. The van der Waals surface area contributed by atoms with Crippen LogP contribution in [0.3, 0.4) is 0 Å². The van der Waals surface area contributed by atoms with E-state index in [9.17, 15) is 9.59 Å². The van der Waals surface area contributed by atoms with E-state index in [2.05, 4.69) is 10.4 Å². The van der Waals surface area contributed by atoms with Crippen molar-refractivity contribution < 1.29 is 9.59 Å². The second kappa shape index (κ2) is 6.56. The normalized spacial score (nSPS) is 10.8. The zero-order chi connectivity index (χ0) is 16.3. The number of aryl methyl sites for hydroxylation is 1. The van der Waals surface area contributed by atoms with E-state index in [1.165, 1.54) is 0 Å². The Morgan fingerprint density at radius 1 is 1.18 bits per heavy atom. The van der Waals surface area contributed by atoms with Gasteiger partial charge >= 0.3 is 0 Å². The molecule has 0 radical (unpaired) electrons. The molecule has 0 saturated carbocycles. The van der Waals surface area contributed by atoms with Gasteiger partial charge in [-0.25, -0.2) is 4.68 Å². The molecule has 0 aliphatic rings. The van der Waals surface area contributed by atoms with Gasteiger partial charge in [0.1, 0.15) is 0 Å². The van der Waals surface area contributed by atoms with Gasteiger partial charge in [-0.2, -0.15) is 5.10 Å². The smallest absolute Gasteiger partial charge is 0.292 e. The fourth-order valence-corrected chi connectivity index (χ4v) is 2.28. The lowest BCUT2D eigenvalue weighted by Crippen LogP contribution is -2.34. The summed E-state index contributed by atoms with van der Waals surface area (Å²) in [6, 6.07) is 9.55. The van der Waals surface area contributed by atoms with Gasteiger partial charge in [0.05, 0.1) is 22.6 Å². The third kappa shape index (κ3) is 3.24. The van der Waals surface area contributed by atoms with E-state index in [0.29, 0.717) is 29.4 Å². The predicted octanol–water partition coefficient (Wildman–Crippen LogP) is 2.44. The number of para-hydroxylation sites is 1. The number of benzene rings is 1. The van der Waals surface area contributed by atoms with Crippen molar-refractivity contribution in [1.29, 1.82) is 0 Å². The van der Waals surface area contributed by atoms with Crippen molar-refractivity contribution >= 4 is 11.7 Å². The van der Waals surface area contributed by atoms with Gasteiger partial charge in [-0.15, -0.1) is 0 Å². The number of hydrogen-bond donors (Lipinski definition) is 1. The van der Waals surface area contributed by atoms with Crippen LogP contribution in [0.4, 0.5) is 0 Å². The summed E-state index contributed by atoms with van der Waals surface area (Å²) < 4.78 is 1.69. The Bertz CT molecular complexity index is 687. The minimum absolute atomic E-state index is 0.297. The zero-order valence-electron chi connectivity index (χ0n) is 13.4. The number of nitrogens with one attached hydrogen (secondary N) is 1. The Balaban J connectivity index is 2.31. The summed E-state index contributed by atoms with van der Waals surface area (Å²) in [6.45, 7) is 7.99. The first kappa shape index (κ1) is 15.9. The number of rotatable bonds is 5. The lowest BCUT2D eigenvalue weighted by molar-refractivity contribution is -0.117. The third-order valence-electron chi connectivity index (χ3n) is 3.40. The van der Waals surface area contributed by atoms with Crippen LogP contribution >= 0.6 is 0 Å². The molecule has 116 valence electrons. The van der Waals surface area contributed by atoms with Gasteiger partial charge in [0.25, 0.3) is 11.7 Å². The molecule has 0 fully saturated rings. The number of carbonyl (C=O) groups excluding carboxylic acids is 2. The van der Waals surface area contributed by atoms with Crippen LogP contribution in [0, 0.1) is 19.8 Å². The maximum atomic E-state index is 12.4. The van der Waals surface area contributed by atoms with Gasteiger partial charge in [-0.1, -0.05) is 32.0 Å². The van der Waals surface area contributed by atoms with E-state index in [1.807, 2.05) is 44.2 Å². The summed E-state index contributed by atoms with van der Waals surface area (Å²) in [7, 11) is 0. The van der Waals surface area contributed by atoms with E-state index in [1.54, 1.807) is 18.5 Å². The maximum absolute atomic E-state index is 12.4. The highest BCUT2D eigenvalue weighted by Gasteiger charge is 2.24. The minimum atomic E-state index is -0.576. The molecule has 0 spiro atoms. The van der Waals surface area contributed by atoms with Gasteiger partial charge in [-0.05, 0) is 31.9 Å². The third-order valence-corrected chi connectivity index (χ3v) is 3.40. The zero-order valence-corrected chi connectivity index (χ0v) is 13.4. The molecule has 5 nitrogen and oxygen atoms in total. The summed E-state index contributed by atoms with van der Waals surface area (Å²) in [6.07, 6.45) is 0. The topological polar surface area (TPSA) is 64.0 Å². The van der Waals surface area contributed by atoms with Crippen LogP contribution in [0.25, 0.3) is 5.69 Å². The number of Topliss-reactive ketones (excluding diaryl/α,β-unsaturated/α-hetero) is 1. The van der Waals surface area contributed by atoms with Crippen molar-refractivity contribution in [2.24, 2.45) is 5.92 Å². The number of carbonyl (C=O) groups is 2. The summed E-state index contributed by atoms with van der Waals surface area (Å²) in [4.78, 5) is 24.4. The van der Waals surface area contributed by atoms with Gasteiger partial charge in [0.15, 0.2) is 0 Å². The van der Waals surface area contributed by atoms with Gasteiger partial charge in [-0.3, -0.25) is 9.59 Å². The largest absolute Gasteiger partial charge is 0.349 e. The van der Waals surface area contributed by atoms with E-state index < -0.39 is 11.7 Å². The first-order valence-corrected chi connectivity index (χ1v) is 7.36. The van der Waals surface area contributed by atoms with Crippen molar-refractivity contribution in [3.8, 4) is 5.69 Å². The fraction of sp³-hybridized carbons (Fsp3) is 0.353. The van der Waals surface area contributed by atoms with Crippen LogP contribution in [0.15, 0.2) is 30.3 Å². The number of hydrogen-bond acceptors (Lipinski definition) is 3. The second-order valence-electron chi connectivity index (χ2n) is 5.73. The van der Waals surface area contributed by atoms with Gasteiger partial charge < -0.3 is 5.32 Å². The van der Waals surface area contributed by atoms with Crippen molar-refractivity contribution in [2.45, 2.75) is 27.7 Å². The average molecular weight is 299 g/mol. The predicted molar refractivity (Wildman–Crippen MR) is 85.2 cm³/mol. The molecule has 1 aromatic heterocycles. The molecule has 0 atom stereocenters. The van der Waals surface area contributed by atoms with Crippen LogP contribution in [-0.4, -0.2) is 28.0 Å². The molecule has 0 aliphatic carbocycles. The highest BCUT2D eigenvalue weighted by Crippen LogP contribution is 2.18. The first-order valence-electron chi connectivity index (χ1n) is 7.36. The van der Waals surface area contributed by atoms with E-state index in [-0.39, 0.29) is 0 Å². The summed E-state index contributed by atoms with van der Waals surface area (Å²) in [5.41, 5.74) is 2.48. The highest BCUT2D eigenvalue weighted by molar-refractivity contribution is 6.43. The number of nitrogens with zero attached hydrogens (tertiary/aromatic N) is 2. The lowest BCUT2D eigenvalue weighted by Gasteiger charge is -2.07. The second-order valence-corrected chi connectivity index (χ2v) is 5.73. The Morgan fingerprint density at radius 3 is 2.41 bits per heavy atom. The van der Waals surface area contributed by atoms with Crippen LogP contribution in [0.1, 0.15) is 35.6 Å². The Morgan fingerprint density at radius 2 is 1.82 bits per heavy atom. The van der Waals surface area contributed by atoms with E-state index in [0.717, 1.165) is 5.69 Å². The number of ketones is 1. The molecule has 5 heteroatoms. The Labute approximate surface area is 130 Å². The molecule has 1 aromatic carbocycles. The minimum Gasteiger partial charge on any atom is -0.349 e. The molecular weight excluding hydrogens is 278 g/mol. The average Bonchev–Trinajstić information content (AvgIpc) is 2.80. The van der Waals surface area contributed by atoms with E-state index in [4.69, 9.17) is 0 Å². The molecule has 1 amide bonds. The first-order chi connectivity index (χ1) is 10.4. The molecule has 2 rings (SSSR count). The molecular formula is C17H21N3O2. The quantitative estimate of drug-likeness (QED) is 0.681. The summed E-state index contributed by atoms with van der Waals surface area (Å²) in [5.74, 6) is -0.809. The summed E-state index contributed by atoms with van der Waals surface area (Å²) >= 11 is 0. The standard InChI is InChI=1S/C17H21N3O2/c1-11(2)10-18-17(22)16(21)15-12(3)19-20(13(15)4)14-8-6-5-7-9-14/h5-9,11H,10H2,1-4H3,(H,18,22). The van der Waals surface area contributed by atoms with Crippen LogP contribution in [-0.2, 0) is 4.79 Å². The number of aromatic nitrogens is 2. The molecule has 0 saturated heterocycles. The lowest BCUT2D eigenvalue weighted by atomic mass is 10.1. The van der Waals surface area contributed by atoms with Gasteiger partial charge in [0.2, 0.25) is 0 Å². The molecule has 0 unspecified atom stereocenters.